The Morgan fingerprint density at radius 3 is 2.38 bits per heavy atom. The van der Waals surface area contributed by atoms with Gasteiger partial charge in [-0.1, -0.05) is 68.4 Å². The monoisotopic (exact) mass is 704 g/mol. The third kappa shape index (κ3) is 12.1. The van der Waals surface area contributed by atoms with Crippen LogP contribution in [0.4, 0.5) is 4.79 Å². The fraction of sp³-hybridized carbons (Fsp3) is 0.343. The Bertz CT molecular complexity index is 1750. The van der Waals surface area contributed by atoms with E-state index in [0.717, 1.165) is 16.7 Å². The number of benzene rings is 2. The van der Waals surface area contributed by atoms with Gasteiger partial charge < -0.3 is 35.3 Å². The minimum absolute atomic E-state index is 0.00303. The molecule has 4 atom stereocenters. The van der Waals surface area contributed by atoms with E-state index in [4.69, 9.17) is 14.0 Å². The Kier molecular flexibility index (Phi) is 14.4. The van der Waals surface area contributed by atoms with Crippen molar-refractivity contribution in [3.05, 3.63) is 96.2 Å². The molecule has 2 aromatic carbocycles. The molecule has 15 heteroatoms. The van der Waals surface area contributed by atoms with Crippen LogP contribution in [-0.4, -0.2) is 69.5 Å². The van der Waals surface area contributed by atoms with E-state index in [-0.39, 0.29) is 38.4 Å². The van der Waals surface area contributed by atoms with Crippen LogP contribution < -0.4 is 20.8 Å². The van der Waals surface area contributed by atoms with Crippen LogP contribution in [0.15, 0.2) is 79.4 Å². The van der Waals surface area contributed by atoms with Crippen LogP contribution in [0.3, 0.4) is 0 Å². The molecule has 0 spiro atoms. The average molecular weight is 705 g/mol. The van der Waals surface area contributed by atoms with Gasteiger partial charge in [-0.15, -0.1) is 0 Å². The van der Waals surface area contributed by atoms with Gasteiger partial charge in [-0.05, 0) is 36.5 Å². The molecule has 0 fully saturated rings. The highest BCUT2D eigenvalue weighted by Crippen LogP contribution is 2.20. The predicted molar refractivity (Wildman–Crippen MR) is 185 cm³/mol. The summed E-state index contributed by atoms with van der Waals surface area (Å²) in [5.41, 5.74) is 2.64. The van der Waals surface area contributed by atoms with Gasteiger partial charge in [0.2, 0.25) is 25.6 Å². The molecule has 0 radical (unpaired) electrons. The number of carbonyl (C=O) groups is 4. The number of alkyl carbamates (subject to hydrolysis) is 1. The number of aromatic amines is 1. The topological polar surface area (TPSA) is 197 Å². The Morgan fingerprint density at radius 1 is 0.920 bits per heavy atom. The molecule has 50 heavy (non-hydrogen) atoms. The van der Waals surface area contributed by atoms with Gasteiger partial charge in [-0.3, -0.25) is 14.6 Å². The molecule has 4 rings (SSSR count). The molecule has 2 aromatic heterocycles. The number of imidazole rings is 1. The van der Waals surface area contributed by atoms with Crippen molar-refractivity contribution in [3.63, 3.8) is 0 Å². The van der Waals surface area contributed by atoms with E-state index in [1.54, 1.807) is 31.3 Å². The summed E-state index contributed by atoms with van der Waals surface area (Å²) in [6.07, 6.45) is 2.97. The van der Waals surface area contributed by atoms with E-state index in [1.807, 2.05) is 56.3 Å². The lowest BCUT2D eigenvalue weighted by atomic mass is 10.0. The summed E-state index contributed by atoms with van der Waals surface area (Å²) < 4.78 is 15.8. The molecule has 4 N–H and O–H groups in total. The lowest BCUT2D eigenvalue weighted by Crippen LogP contribution is -2.56. The first kappa shape index (κ1) is 37.6. The maximum Gasteiger partial charge on any atom is 0.408 e. The highest BCUT2D eigenvalue weighted by Gasteiger charge is 2.31. The van der Waals surface area contributed by atoms with E-state index in [2.05, 4.69) is 30.9 Å². The molecule has 3 amide bonds. The molecule has 4 aromatic rings. The summed E-state index contributed by atoms with van der Waals surface area (Å²) in [5.74, 6) is -1.34. The largest absolute Gasteiger partial charge is 0.603 e. The molecule has 0 aliphatic carbocycles. The van der Waals surface area contributed by atoms with Crippen LogP contribution in [0.2, 0.25) is 0 Å². The van der Waals surface area contributed by atoms with Gasteiger partial charge >= 0.3 is 12.1 Å². The number of fused-ring (bicyclic) bond motifs is 1. The number of ether oxygens (including phenoxy) is 2. The third-order valence-electron chi connectivity index (χ3n) is 7.29. The van der Waals surface area contributed by atoms with Crippen molar-refractivity contribution in [1.29, 1.82) is 0 Å². The van der Waals surface area contributed by atoms with Gasteiger partial charge in [0, 0.05) is 36.3 Å². The Balaban J connectivity index is 1.57. The first-order valence-corrected chi connectivity index (χ1v) is 17.4. The predicted octanol–water partition coefficient (Wildman–Crippen LogP) is 3.07. The second kappa shape index (κ2) is 19.1. The zero-order valence-corrected chi connectivity index (χ0v) is 28.9. The van der Waals surface area contributed by atoms with Crippen molar-refractivity contribution in [2.45, 2.75) is 65.0 Å². The van der Waals surface area contributed by atoms with E-state index in [0.29, 0.717) is 16.8 Å². The fourth-order valence-corrected chi connectivity index (χ4v) is 5.70. The highest BCUT2D eigenvalue weighted by molar-refractivity contribution is 7.47. The number of carbonyl (C=O) groups excluding carboxylic acids is 4. The number of para-hydroxylation sites is 1. The highest BCUT2D eigenvalue weighted by atomic mass is 31.1. The number of hydrogen-bond acceptors (Lipinski definition) is 10. The minimum Gasteiger partial charge on any atom is -0.603 e. The number of rotatable bonds is 17. The van der Waals surface area contributed by atoms with Crippen molar-refractivity contribution in [3.8, 4) is 0 Å². The van der Waals surface area contributed by atoms with E-state index in [1.165, 1.54) is 12.5 Å². The Morgan fingerprint density at radius 2 is 1.66 bits per heavy atom. The molecule has 264 valence electrons. The zero-order valence-electron chi connectivity index (χ0n) is 28.0. The summed E-state index contributed by atoms with van der Waals surface area (Å²) in [7, 11) is -2.63. The number of nitrogens with one attached hydrogen (secondary N) is 4. The SMILES string of the molecule is CCOC(=O)C=[P+]([O-])O[C@@H](CC(C)C)NC(=O)[C@H](Cc1cnc[nH]1)NC(=O)[C@@H](Cc1cccc2cccnc12)NC(=O)OCc1ccccc1. The quantitative estimate of drug-likeness (QED) is 0.0720. The van der Waals surface area contributed by atoms with Crippen molar-refractivity contribution in [1.82, 2.24) is 30.9 Å². The van der Waals surface area contributed by atoms with Crippen LogP contribution >= 0.6 is 8.00 Å². The molecule has 0 saturated carbocycles. The van der Waals surface area contributed by atoms with Gasteiger partial charge in [-0.2, -0.15) is 4.52 Å². The van der Waals surface area contributed by atoms with E-state index in [9.17, 15) is 24.1 Å². The first-order valence-electron chi connectivity index (χ1n) is 16.1. The van der Waals surface area contributed by atoms with Crippen LogP contribution in [0.1, 0.15) is 44.0 Å². The van der Waals surface area contributed by atoms with Crippen molar-refractivity contribution >= 4 is 48.6 Å². The van der Waals surface area contributed by atoms with Gasteiger partial charge in [-0.25, -0.2) is 14.6 Å². The van der Waals surface area contributed by atoms with Crippen LogP contribution in [0, 0.1) is 5.92 Å². The molecular formula is C35H41N6O8P. The van der Waals surface area contributed by atoms with Crippen molar-refractivity contribution < 1.29 is 38.1 Å². The lowest BCUT2D eigenvalue weighted by Gasteiger charge is -2.25. The normalized spacial score (nSPS) is 13.3. The fourth-order valence-electron chi connectivity index (χ4n) is 5.00. The Hall–Kier alpha value is -5.17. The molecule has 14 nitrogen and oxygen atoms in total. The van der Waals surface area contributed by atoms with Crippen molar-refractivity contribution in [2.24, 2.45) is 5.92 Å². The lowest BCUT2D eigenvalue weighted by molar-refractivity contribution is -0.177. The standard InChI is InChI=1S/C35H41N6O8P/c1-4-47-31(42)21-50(46)49-30(16-23(2)3)41-34(44)29(18-27-19-36-22-38-27)39-33(43)28(40-35(45)48-20-24-10-6-5-7-11-24)17-26-13-8-12-25-14-9-15-37-32(25)26/h5-15,19,21-23,28-30H,4,16-18,20H2,1-3H3,(H,36,38)(H,39,43)(H,40,45)(H,41,44)/t28-,29+,30+/m1/s1. The van der Waals surface area contributed by atoms with Crippen LogP contribution in [-0.2, 0) is 47.8 Å². The van der Waals surface area contributed by atoms with Crippen molar-refractivity contribution in [2.75, 3.05) is 6.61 Å². The van der Waals surface area contributed by atoms with Crippen LogP contribution in [0.25, 0.3) is 10.9 Å². The van der Waals surface area contributed by atoms with Gasteiger partial charge in [0.05, 0.1) is 18.5 Å². The molecule has 0 aliphatic rings. The Labute approximate surface area is 290 Å². The molecule has 1 unspecified atom stereocenters. The van der Waals surface area contributed by atoms with E-state index < -0.39 is 50.2 Å². The van der Waals surface area contributed by atoms with E-state index >= 15 is 0 Å². The third-order valence-corrected chi connectivity index (χ3v) is 8.17. The van der Waals surface area contributed by atoms with Crippen LogP contribution in [0.5, 0.6) is 0 Å². The molecular weight excluding hydrogens is 663 g/mol. The maximum absolute atomic E-state index is 14.0. The van der Waals surface area contributed by atoms with Gasteiger partial charge in [0.15, 0.2) is 6.23 Å². The van der Waals surface area contributed by atoms with Gasteiger partial charge in [0.1, 0.15) is 18.7 Å². The smallest absolute Gasteiger partial charge is 0.408 e. The average Bonchev–Trinajstić information content (AvgIpc) is 3.60. The number of hydrogen-bond donors (Lipinski definition) is 4. The number of amides is 3. The summed E-state index contributed by atoms with van der Waals surface area (Å²) in [4.78, 5) is 76.6. The zero-order chi connectivity index (χ0) is 35.9. The molecule has 0 aliphatic heterocycles. The number of esters is 1. The van der Waals surface area contributed by atoms with Gasteiger partial charge in [0.25, 0.3) is 0 Å². The number of H-pyrrole nitrogens is 1. The minimum atomic E-state index is -2.63. The summed E-state index contributed by atoms with van der Waals surface area (Å²) in [6.45, 7) is 5.45. The molecule has 2 heterocycles. The maximum atomic E-state index is 14.0. The first-order chi connectivity index (χ1) is 24.1. The molecule has 0 bridgehead atoms. The summed E-state index contributed by atoms with van der Waals surface area (Å²) >= 11 is 0. The summed E-state index contributed by atoms with van der Waals surface area (Å²) in [5, 5.41) is 8.98. The summed E-state index contributed by atoms with van der Waals surface area (Å²) in [6, 6.07) is 15.9. The number of pyridine rings is 1. The second-order valence-electron chi connectivity index (χ2n) is 11.7. The number of aromatic nitrogens is 3. The number of nitrogens with zero attached hydrogens (tertiary/aromatic N) is 2. The molecule has 0 saturated heterocycles. The second-order valence-corrected chi connectivity index (χ2v) is 12.7.